The van der Waals surface area contributed by atoms with Crippen molar-refractivity contribution in [3.05, 3.63) is 29.3 Å². The number of phenolic OH excluding ortho intramolecular Hbond substituents is 1. The predicted molar refractivity (Wildman–Crippen MR) is 134 cm³/mol. The summed E-state index contributed by atoms with van der Waals surface area (Å²) in [6.45, 7) is 2.21. The van der Waals surface area contributed by atoms with Gasteiger partial charge in [-0.05, 0) is 42.9 Å². The molecule has 1 aromatic rings. The van der Waals surface area contributed by atoms with Crippen LogP contribution >= 0.6 is 23.2 Å². The molecule has 0 bridgehead atoms. The zero-order chi connectivity index (χ0) is 27.0. The smallest absolute Gasteiger partial charge is 0.253 e. The van der Waals surface area contributed by atoms with Gasteiger partial charge in [-0.15, -0.1) is 23.2 Å². The Hall–Kier alpha value is -2.78. The Bertz CT molecular complexity index is 1240. The summed E-state index contributed by atoms with van der Waals surface area (Å²) in [6, 6.07) is 3.06. The molecule has 1 aromatic carbocycles. The van der Waals surface area contributed by atoms with Crippen LogP contribution in [0.3, 0.4) is 0 Å². The number of hydrogen-bond donors (Lipinski definition) is 1. The topological polar surface area (TPSA) is 113 Å². The lowest BCUT2D eigenvalue weighted by Crippen LogP contribution is -2.60. The monoisotopic (exact) mass is 550 g/mol. The first-order chi connectivity index (χ1) is 17.5. The van der Waals surface area contributed by atoms with E-state index in [4.69, 9.17) is 32.7 Å². The van der Waals surface area contributed by atoms with Crippen molar-refractivity contribution in [3.63, 3.8) is 0 Å². The quantitative estimate of drug-likeness (QED) is 0.340. The Labute approximate surface area is 224 Å². The summed E-state index contributed by atoms with van der Waals surface area (Å²) in [5.74, 6) is -4.74. The minimum atomic E-state index is -1.92. The maximum absolute atomic E-state index is 13.6. The van der Waals surface area contributed by atoms with Crippen LogP contribution in [0.2, 0.25) is 0 Å². The van der Waals surface area contributed by atoms with Crippen LogP contribution in [0.1, 0.15) is 37.7 Å². The molecule has 0 aromatic heterocycles. The molecule has 0 radical (unpaired) electrons. The Morgan fingerprint density at radius 3 is 2.22 bits per heavy atom. The van der Waals surface area contributed by atoms with Crippen LogP contribution in [0.5, 0.6) is 17.2 Å². The maximum atomic E-state index is 13.6. The van der Waals surface area contributed by atoms with Crippen LogP contribution in [0, 0.1) is 17.8 Å². The zero-order valence-corrected chi connectivity index (χ0v) is 22.4. The average molecular weight is 551 g/mol. The van der Waals surface area contributed by atoms with E-state index in [9.17, 15) is 24.3 Å². The average Bonchev–Trinajstić information content (AvgIpc) is 3.19. The summed E-state index contributed by atoms with van der Waals surface area (Å²) in [6.07, 6.45) is 2.71. The van der Waals surface area contributed by atoms with Crippen molar-refractivity contribution in [1.82, 2.24) is 9.80 Å². The molecule has 3 fully saturated rings. The van der Waals surface area contributed by atoms with E-state index >= 15 is 0 Å². The fourth-order valence-electron chi connectivity index (χ4n) is 6.71. The summed E-state index contributed by atoms with van der Waals surface area (Å²) in [5, 5.41) is 10.5. The Morgan fingerprint density at radius 2 is 1.65 bits per heavy atom. The Morgan fingerprint density at radius 1 is 1.03 bits per heavy atom. The molecule has 4 amide bonds. The number of phenols is 1. The molecule has 6 unspecified atom stereocenters. The van der Waals surface area contributed by atoms with Gasteiger partial charge in [-0.1, -0.05) is 18.6 Å². The lowest BCUT2D eigenvalue weighted by atomic mass is 9.56. The van der Waals surface area contributed by atoms with Crippen LogP contribution in [0.4, 0.5) is 0 Å². The highest BCUT2D eigenvalue weighted by Crippen LogP contribution is 2.65. The highest BCUT2D eigenvalue weighted by atomic mass is 35.5. The van der Waals surface area contributed by atoms with E-state index in [1.807, 2.05) is 13.0 Å². The minimum Gasteiger partial charge on any atom is -0.502 e. The lowest BCUT2D eigenvalue weighted by Gasteiger charge is -2.50. The van der Waals surface area contributed by atoms with Gasteiger partial charge in [-0.3, -0.25) is 29.0 Å². The molecule has 2 aliphatic carbocycles. The summed E-state index contributed by atoms with van der Waals surface area (Å²) in [5.41, 5.74) is 1.10. The van der Waals surface area contributed by atoms with E-state index in [2.05, 4.69) is 0 Å². The van der Waals surface area contributed by atoms with Gasteiger partial charge < -0.3 is 14.6 Å². The number of aromatic hydroxyl groups is 1. The van der Waals surface area contributed by atoms with Crippen LogP contribution in [-0.4, -0.2) is 76.1 Å². The van der Waals surface area contributed by atoms with Gasteiger partial charge in [0.25, 0.3) is 11.8 Å². The molecular formula is C26H28Cl2N2O7. The third-order valence-electron chi connectivity index (χ3n) is 8.39. The summed E-state index contributed by atoms with van der Waals surface area (Å²) >= 11 is 14.3. The molecular weight excluding hydrogens is 523 g/mol. The third-order valence-corrected chi connectivity index (χ3v) is 9.80. The van der Waals surface area contributed by atoms with E-state index in [1.54, 1.807) is 0 Å². The van der Waals surface area contributed by atoms with Gasteiger partial charge in [0, 0.05) is 19.5 Å². The number of fused-ring (bicyclic) bond motifs is 4. The van der Waals surface area contributed by atoms with Crippen LogP contribution in [0.15, 0.2) is 23.8 Å². The van der Waals surface area contributed by atoms with Crippen molar-refractivity contribution in [2.45, 2.75) is 41.9 Å². The second kappa shape index (κ2) is 8.63. The number of ether oxygens (including phenoxy) is 2. The minimum absolute atomic E-state index is 0.0677. The third kappa shape index (κ3) is 3.16. The number of allylic oxidation sites excluding steroid dienone is 2. The number of benzene rings is 1. The first kappa shape index (κ1) is 25.9. The summed E-state index contributed by atoms with van der Waals surface area (Å²) in [7, 11) is 4.08. The molecule has 4 aliphatic rings. The number of amides is 4. The molecule has 11 heteroatoms. The van der Waals surface area contributed by atoms with Crippen molar-refractivity contribution in [2.75, 3.05) is 27.8 Å². The van der Waals surface area contributed by atoms with Gasteiger partial charge in [0.05, 0.1) is 26.1 Å². The largest absolute Gasteiger partial charge is 0.502 e. The number of carbonyl (C=O) groups is 4. The normalized spacial score (nSPS) is 34.8. The molecule has 9 nitrogen and oxygen atoms in total. The number of methoxy groups -OCH3 is 2. The number of rotatable bonds is 5. The van der Waals surface area contributed by atoms with Crippen molar-refractivity contribution in [2.24, 2.45) is 17.8 Å². The number of nitrogens with zero attached hydrogens (tertiary/aromatic N) is 2. The van der Waals surface area contributed by atoms with Crippen molar-refractivity contribution in [3.8, 4) is 17.2 Å². The van der Waals surface area contributed by atoms with Gasteiger partial charge in [-0.2, -0.15) is 0 Å². The van der Waals surface area contributed by atoms with Crippen molar-refractivity contribution < 1.29 is 33.8 Å². The van der Waals surface area contributed by atoms with Crippen molar-refractivity contribution in [1.29, 1.82) is 0 Å². The van der Waals surface area contributed by atoms with Gasteiger partial charge in [0.2, 0.25) is 17.6 Å². The second-order valence-corrected chi connectivity index (χ2v) is 11.3. The molecule has 1 N–H and O–H groups in total. The van der Waals surface area contributed by atoms with Gasteiger partial charge in [0.15, 0.2) is 21.2 Å². The van der Waals surface area contributed by atoms with Gasteiger partial charge in [0.1, 0.15) is 0 Å². The number of alkyl halides is 2. The van der Waals surface area contributed by atoms with Crippen LogP contribution < -0.4 is 9.47 Å². The molecule has 37 heavy (non-hydrogen) atoms. The van der Waals surface area contributed by atoms with Crippen LogP contribution in [-0.2, 0) is 19.2 Å². The van der Waals surface area contributed by atoms with E-state index in [-0.39, 0.29) is 35.5 Å². The fraction of sp³-hybridized carbons (Fsp3) is 0.538. The first-order valence-corrected chi connectivity index (χ1v) is 12.9. The second-order valence-electron chi connectivity index (χ2n) is 10.1. The maximum Gasteiger partial charge on any atom is 0.253 e. The Balaban J connectivity index is 1.75. The molecule has 6 atom stereocenters. The number of halogens is 2. The lowest BCUT2D eigenvalue weighted by molar-refractivity contribution is -0.141. The van der Waals surface area contributed by atoms with Gasteiger partial charge >= 0.3 is 0 Å². The Kier molecular flexibility index (Phi) is 6.03. The molecule has 0 spiro atoms. The highest BCUT2D eigenvalue weighted by molar-refractivity contribution is 6.53. The molecule has 198 valence electrons. The van der Waals surface area contributed by atoms with E-state index < -0.39 is 45.2 Å². The molecule has 1 saturated carbocycles. The van der Waals surface area contributed by atoms with Crippen molar-refractivity contribution >= 4 is 46.8 Å². The number of imide groups is 2. The number of hydrogen-bond acceptors (Lipinski definition) is 7. The first-order valence-electron chi connectivity index (χ1n) is 12.2. The van der Waals surface area contributed by atoms with E-state index in [0.29, 0.717) is 30.5 Å². The molecule has 2 heterocycles. The van der Waals surface area contributed by atoms with Crippen LogP contribution in [0.25, 0.3) is 0 Å². The number of likely N-dealkylation sites (tertiary alicyclic amines) is 2. The molecule has 2 aliphatic heterocycles. The standard InChI is InChI=1S/C26H28Cl2N2O7/c1-5-8-30-21(32)14-7-6-13-15(18(14)22(30)33)11-25(27)23(34)29(2)24(35)26(25,28)19(13)12-9-16(36-3)20(31)17(10-12)37-4/h6,9-10,14-15,18-19,31H,5,7-8,11H2,1-4H3. The predicted octanol–water partition coefficient (Wildman–Crippen LogP) is 2.81. The van der Waals surface area contributed by atoms with Gasteiger partial charge in [-0.25, -0.2) is 0 Å². The molecule has 5 rings (SSSR count). The van der Waals surface area contributed by atoms with E-state index in [1.165, 1.54) is 38.3 Å². The van der Waals surface area contributed by atoms with E-state index in [0.717, 1.165) is 4.90 Å². The highest BCUT2D eigenvalue weighted by Gasteiger charge is 2.75. The summed E-state index contributed by atoms with van der Waals surface area (Å²) < 4.78 is 10.7. The SMILES string of the molecule is CCCN1C(=O)C2CC=C3C(CC4(Cl)C(=O)N(C)C(=O)C4(Cl)C3c3cc(OC)c(O)c(OC)c3)C2C1=O. The molecule has 2 saturated heterocycles. The summed E-state index contributed by atoms with van der Waals surface area (Å²) in [4.78, 5) is 52.2. The number of carbonyl (C=O) groups excluding carboxylic acids is 4. The fourth-order valence-corrected chi connectivity index (χ4v) is 7.73. The zero-order valence-electron chi connectivity index (χ0n) is 20.9.